The van der Waals surface area contributed by atoms with Crippen molar-refractivity contribution in [2.75, 3.05) is 38.7 Å². The van der Waals surface area contributed by atoms with Crippen molar-refractivity contribution in [1.82, 2.24) is 20.2 Å². The van der Waals surface area contributed by atoms with E-state index in [-0.39, 0.29) is 12.5 Å². The molecule has 0 bridgehead atoms. The molecule has 166 valence electrons. The molecule has 0 saturated heterocycles. The van der Waals surface area contributed by atoms with Gasteiger partial charge in [0.15, 0.2) is 12.6 Å². The van der Waals surface area contributed by atoms with Crippen molar-refractivity contribution < 1.29 is 9.53 Å². The number of guanidine groups is 1. The van der Waals surface area contributed by atoms with Crippen LogP contribution in [0.25, 0.3) is 11.3 Å². The van der Waals surface area contributed by atoms with Crippen LogP contribution < -0.4 is 15.0 Å². The van der Waals surface area contributed by atoms with E-state index in [0.717, 1.165) is 40.9 Å². The minimum absolute atomic E-state index is 0.0164. The average molecular weight is 433 g/mol. The van der Waals surface area contributed by atoms with E-state index >= 15 is 0 Å². The van der Waals surface area contributed by atoms with E-state index in [1.807, 2.05) is 60.6 Å². The molecule has 0 fully saturated rings. The monoisotopic (exact) mass is 432 g/mol. The molecule has 2 heterocycles. The van der Waals surface area contributed by atoms with Crippen molar-refractivity contribution in [2.24, 2.45) is 4.99 Å². The molecule has 8 nitrogen and oxygen atoms in total. The highest BCUT2D eigenvalue weighted by Crippen LogP contribution is 2.31. The lowest BCUT2D eigenvalue weighted by Crippen LogP contribution is -2.42. The van der Waals surface area contributed by atoms with Crippen LogP contribution in [0.4, 0.5) is 5.69 Å². The van der Waals surface area contributed by atoms with Gasteiger partial charge in [0.2, 0.25) is 0 Å². The second-order valence-electron chi connectivity index (χ2n) is 7.59. The first-order valence-electron chi connectivity index (χ1n) is 10.7. The van der Waals surface area contributed by atoms with E-state index < -0.39 is 0 Å². The summed E-state index contributed by atoms with van der Waals surface area (Å²) in [6, 6.07) is 17.8. The number of benzene rings is 2. The van der Waals surface area contributed by atoms with Gasteiger partial charge in [-0.05, 0) is 24.1 Å². The maximum absolute atomic E-state index is 12.3. The van der Waals surface area contributed by atoms with Gasteiger partial charge in [0, 0.05) is 27.2 Å². The van der Waals surface area contributed by atoms with Crippen molar-refractivity contribution in [1.29, 1.82) is 0 Å². The first-order valence-corrected chi connectivity index (χ1v) is 10.7. The molecular weight excluding hydrogens is 404 g/mol. The largest absolute Gasteiger partial charge is 0.482 e. The van der Waals surface area contributed by atoms with Gasteiger partial charge in [0.1, 0.15) is 11.6 Å². The number of carbonyl (C=O) groups is 1. The number of aromatic nitrogens is 2. The second kappa shape index (κ2) is 10.00. The Morgan fingerprint density at radius 2 is 2.00 bits per heavy atom. The topological polar surface area (TPSA) is 85.8 Å². The number of aliphatic imine (C=N–C) groups is 1. The van der Waals surface area contributed by atoms with Gasteiger partial charge in [-0.15, -0.1) is 0 Å². The first-order chi connectivity index (χ1) is 15.7. The smallest absolute Gasteiger partial charge is 0.265 e. The number of carbonyl (C=O) groups excluding carboxylic acids is 1. The van der Waals surface area contributed by atoms with Crippen molar-refractivity contribution in [2.45, 2.75) is 13.0 Å². The van der Waals surface area contributed by atoms with E-state index in [9.17, 15) is 4.79 Å². The lowest BCUT2D eigenvalue weighted by Gasteiger charge is -2.29. The summed E-state index contributed by atoms with van der Waals surface area (Å²) < 4.78 is 5.50. The van der Waals surface area contributed by atoms with Crippen molar-refractivity contribution in [3.63, 3.8) is 0 Å². The van der Waals surface area contributed by atoms with Crippen molar-refractivity contribution >= 4 is 17.6 Å². The SMILES string of the molecule is CN=C(NCCCN1C(=O)COc2ccccc21)N(C)Cc1ncc(-c2ccccc2)[nH]1. The Balaban J connectivity index is 1.28. The molecule has 8 heteroatoms. The minimum atomic E-state index is -0.0164. The molecular formula is C24H28N6O2. The number of aromatic amines is 1. The summed E-state index contributed by atoms with van der Waals surface area (Å²) in [4.78, 5) is 28.4. The number of imidazole rings is 1. The van der Waals surface area contributed by atoms with Crippen LogP contribution in [0.3, 0.4) is 0 Å². The molecule has 1 aliphatic rings. The third-order valence-electron chi connectivity index (χ3n) is 5.32. The highest BCUT2D eigenvalue weighted by atomic mass is 16.5. The Hall–Kier alpha value is -3.81. The molecule has 1 aromatic heterocycles. The summed E-state index contributed by atoms with van der Waals surface area (Å²) in [5, 5.41) is 3.37. The fourth-order valence-electron chi connectivity index (χ4n) is 3.73. The number of anilines is 1. The molecule has 32 heavy (non-hydrogen) atoms. The fourth-order valence-corrected chi connectivity index (χ4v) is 3.73. The quantitative estimate of drug-likeness (QED) is 0.341. The molecule has 2 aromatic carbocycles. The molecule has 0 aliphatic carbocycles. The standard InChI is InChI=1S/C24H28N6O2/c1-25-24(29(2)16-22-27-15-19(28-22)18-9-4-3-5-10-18)26-13-8-14-30-20-11-6-7-12-21(20)32-17-23(30)31/h3-7,9-12,15H,8,13-14,16-17H2,1-2H3,(H,25,26)(H,27,28). The lowest BCUT2D eigenvalue weighted by atomic mass is 10.2. The van der Waals surface area contributed by atoms with E-state index in [1.54, 1.807) is 11.9 Å². The number of H-pyrrole nitrogens is 1. The molecule has 0 radical (unpaired) electrons. The Bertz CT molecular complexity index is 1080. The number of para-hydroxylation sites is 2. The maximum Gasteiger partial charge on any atom is 0.265 e. The Morgan fingerprint density at radius 1 is 1.22 bits per heavy atom. The molecule has 0 unspecified atom stereocenters. The highest BCUT2D eigenvalue weighted by Gasteiger charge is 2.24. The normalized spacial score (nSPS) is 13.5. The second-order valence-corrected chi connectivity index (χ2v) is 7.59. The average Bonchev–Trinajstić information content (AvgIpc) is 3.29. The number of nitrogens with zero attached hydrogens (tertiary/aromatic N) is 4. The van der Waals surface area contributed by atoms with Crippen LogP contribution in [-0.2, 0) is 11.3 Å². The number of nitrogens with one attached hydrogen (secondary N) is 2. The molecule has 4 rings (SSSR count). The van der Waals surface area contributed by atoms with Gasteiger partial charge < -0.3 is 24.8 Å². The number of fused-ring (bicyclic) bond motifs is 1. The Morgan fingerprint density at radius 3 is 2.81 bits per heavy atom. The summed E-state index contributed by atoms with van der Waals surface area (Å²) in [6.45, 7) is 1.99. The van der Waals surface area contributed by atoms with Gasteiger partial charge in [-0.25, -0.2) is 4.98 Å². The van der Waals surface area contributed by atoms with E-state index in [4.69, 9.17) is 4.74 Å². The first kappa shape index (κ1) is 21.4. The molecule has 0 saturated carbocycles. The molecule has 3 aromatic rings. The summed E-state index contributed by atoms with van der Waals surface area (Å²) in [5.41, 5.74) is 2.93. The Labute approximate surface area is 187 Å². The van der Waals surface area contributed by atoms with Gasteiger partial charge in [-0.2, -0.15) is 0 Å². The lowest BCUT2D eigenvalue weighted by molar-refractivity contribution is -0.121. The van der Waals surface area contributed by atoms with Crippen LogP contribution >= 0.6 is 0 Å². The fraction of sp³-hybridized carbons (Fsp3) is 0.292. The zero-order valence-electron chi connectivity index (χ0n) is 18.4. The highest BCUT2D eigenvalue weighted by molar-refractivity contribution is 5.97. The predicted octanol–water partition coefficient (Wildman–Crippen LogP) is 2.90. The third kappa shape index (κ3) is 4.91. The molecule has 2 N–H and O–H groups in total. The van der Waals surface area contributed by atoms with Crippen molar-refractivity contribution in [3.05, 3.63) is 66.6 Å². The number of rotatable bonds is 7. The van der Waals surface area contributed by atoms with Crippen LogP contribution in [0.1, 0.15) is 12.2 Å². The summed E-state index contributed by atoms with van der Waals surface area (Å²) >= 11 is 0. The molecule has 0 atom stereocenters. The number of hydrogen-bond donors (Lipinski definition) is 2. The molecule has 1 aliphatic heterocycles. The maximum atomic E-state index is 12.3. The van der Waals surface area contributed by atoms with Crippen LogP contribution in [0.5, 0.6) is 5.75 Å². The van der Waals surface area contributed by atoms with Gasteiger partial charge in [0.25, 0.3) is 5.91 Å². The van der Waals surface area contributed by atoms with Crippen LogP contribution in [0.2, 0.25) is 0 Å². The van der Waals surface area contributed by atoms with Gasteiger partial charge in [-0.3, -0.25) is 9.79 Å². The van der Waals surface area contributed by atoms with E-state index in [0.29, 0.717) is 19.6 Å². The number of amides is 1. The third-order valence-corrected chi connectivity index (χ3v) is 5.32. The van der Waals surface area contributed by atoms with Crippen LogP contribution in [0.15, 0.2) is 65.8 Å². The zero-order chi connectivity index (χ0) is 22.3. The summed E-state index contributed by atoms with van der Waals surface area (Å²) in [7, 11) is 3.74. The van der Waals surface area contributed by atoms with Gasteiger partial charge >= 0.3 is 0 Å². The molecule has 1 amide bonds. The number of ether oxygens (including phenoxy) is 1. The summed E-state index contributed by atoms with van der Waals surface area (Å²) in [5.74, 6) is 2.38. The van der Waals surface area contributed by atoms with Crippen LogP contribution in [-0.4, -0.2) is 60.5 Å². The van der Waals surface area contributed by atoms with Crippen LogP contribution in [0, 0.1) is 0 Å². The van der Waals surface area contributed by atoms with E-state index in [2.05, 4.69) is 32.4 Å². The summed E-state index contributed by atoms with van der Waals surface area (Å²) in [6.07, 6.45) is 2.64. The van der Waals surface area contributed by atoms with Crippen molar-refractivity contribution in [3.8, 4) is 17.0 Å². The van der Waals surface area contributed by atoms with E-state index in [1.165, 1.54) is 0 Å². The Kier molecular flexibility index (Phi) is 6.69. The van der Waals surface area contributed by atoms with Gasteiger partial charge in [0.05, 0.1) is 24.1 Å². The predicted molar refractivity (Wildman–Crippen MR) is 126 cm³/mol. The minimum Gasteiger partial charge on any atom is -0.482 e. The zero-order valence-corrected chi connectivity index (χ0v) is 18.4. The molecule has 0 spiro atoms. The van der Waals surface area contributed by atoms with Gasteiger partial charge in [-0.1, -0.05) is 42.5 Å². The number of hydrogen-bond acceptors (Lipinski definition) is 4.